The van der Waals surface area contributed by atoms with Crippen LogP contribution in [0.1, 0.15) is 31.1 Å². The molecule has 1 unspecified atom stereocenters. The van der Waals surface area contributed by atoms with E-state index in [0.29, 0.717) is 46.1 Å². The van der Waals surface area contributed by atoms with Crippen LogP contribution in [-0.2, 0) is 6.42 Å². The maximum absolute atomic E-state index is 11.3. The van der Waals surface area contributed by atoms with Gasteiger partial charge in [0.05, 0.1) is 41.7 Å². The first kappa shape index (κ1) is 21.9. The number of phenols is 1. The van der Waals surface area contributed by atoms with Crippen molar-refractivity contribution in [2.75, 3.05) is 35.5 Å². The number of fused-ring (bicyclic) bond motifs is 3. The SMILES string of the molecule is COc1cc2c(c(OC)c1OC)-c1c(cc(O)c(OC)c1OC)C[C@H](C)[C@H](C)C2O. The molecule has 3 atom stereocenters. The minimum Gasteiger partial charge on any atom is -0.504 e. The lowest BCUT2D eigenvalue weighted by Crippen LogP contribution is -2.23. The molecule has 1 aliphatic rings. The Bertz CT molecular complexity index is 938. The van der Waals surface area contributed by atoms with Crippen LogP contribution in [0.5, 0.6) is 34.5 Å². The molecule has 30 heavy (non-hydrogen) atoms. The molecule has 7 nitrogen and oxygen atoms in total. The number of rotatable bonds is 5. The van der Waals surface area contributed by atoms with Gasteiger partial charge in [-0.25, -0.2) is 0 Å². The summed E-state index contributed by atoms with van der Waals surface area (Å²) in [6.07, 6.45) is -0.153. The normalized spacial score (nSPS) is 20.3. The van der Waals surface area contributed by atoms with Crippen LogP contribution in [-0.4, -0.2) is 45.8 Å². The van der Waals surface area contributed by atoms with E-state index in [4.69, 9.17) is 23.7 Å². The Kier molecular flexibility index (Phi) is 6.22. The fourth-order valence-corrected chi connectivity index (χ4v) is 4.30. The highest BCUT2D eigenvalue weighted by Crippen LogP contribution is 2.57. The van der Waals surface area contributed by atoms with Gasteiger partial charge in [-0.15, -0.1) is 0 Å². The molecule has 0 aromatic heterocycles. The number of aromatic hydroxyl groups is 1. The molecule has 0 saturated carbocycles. The van der Waals surface area contributed by atoms with E-state index in [1.54, 1.807) is 26.4 Å². The van der Waals surface area contributed by atoms with Gasteiger partial charge in [0.2, 0.25) is 11.5 Å². The second-order valence-corrected chi connectivity index (χ2v) is 7.59. The van der Waals surface area contributed by atoms with Crippen molar-refractivity contribution in [2.24, 2.45) is 11.8 Å². The summed E-state index contributed by atoms with van der Waals surface area (Å²) in [6.45, 7) is 4.09. The Morgan fingerprint density at radius 3 is 1.87 bits per heavy atom. The van der Waals surface area contributed by atoms with Gasteiger partial charge in [0.1, 0.15) is 0 Å². The molecule has 0 amide bonds. The lowest BCUT2D eigenvalue weighted by molar-refractivity contribution is 0.0862. The van der Waals surface area contributed by atoms with Crippen molar-refractivity contribution in [1.82, 2.24) is 0 Å². The van der Waals surface area contributed by atoms with Crippen molar-refractivity contribution >= 4 is 0 Å². The lowest BCUT2D eigenvalue weighted by Gasteiger charge is -2.33. The van der Waals surface area contributed by atoms with Crippen molar-refractivity contribution in [2.45, 2.75) is 26.4 Å². The Morgan fingerprint density at radius 1 is 0.767 bits per heavy atom. The fourth-order valence-electron chi connectivity index (χ4n) is 4.30. The van der Waals surface area contributed by atoms with Gasteiger partial charge in [0.15, 0.2) is 23.0 Å². The van der Waals surface area contributed by atoms with Gasteiger partial charge < -0.3 is 33.9 Å². The number of ether oxygens (including phenoxy) is 5. The van der Waals surface area contributed by atoms with Crippen LogP contribution >= 0.6 is 0 Å². The first-order valence-corrected chi connectivity index (χ1v) is 9.82. The molecule has 2 aromatic rings. The summed E-state index contributed by atoms with van der Waals surface area (Å²) in [5.41, 5.74) is 2.82. The van der Waals surface area contributed by atoms with Gasteiger partial charge in [-0.3, -0.25) is 0 Å². The minimum absolute atomic E-state index is 0.00457. The molecule has 0 heterocycles. The molecule has 0 fully saturated rings. The van der Waals surface area contributed by atoms with Gasteiger partial charge in [-0.1, -0.05) is 13.8 Å². The Hall–Kier alpha value is -2.80. The monoisotopic (exact) mass is 418 g/mol. The van der Waals surface area contributed by atoms with Crippen LogP contribution in [0, 0.1) is 11.8 Å². The molecular formula is C23H30O7. The van der Waals surface area contributed by atoms with Crippen LogP contribution < -0.4 is 23.7 Å². The third-order valence-electron chi connectivity index (χ3n) is 6.07. The molecule has 0 aliphatic heterocycles. The summed E-state index contributed by atoms with van der Waals surface area (Å²) in [6, 6.07) is 3.47. The van der Waals surface area contributed by atoms with Crippen LogP contribution in [0.2, 0.25) is 0 Å². The van der Waals surface area contributed by atoms with Crippen molar-refractivity contribution in [3.05, 3.63) is 23.3 Å². The molecule has 2 N–H and O–H groups in total. The molecule has 0 bridgehead atoms. The third kappa shape index (κ3) is 3.27. The van der Waals surface area contributed by atoms with E-state index >= 15 is 0 Å². The number of phenolic OH excluding ortho intramolecular Hbond substituents is 1. The number of aliphatic hydroxyl groups excluding tert-OH is 1. The molecule has 0 saturated heterocycles. The van der Waals surface area contributed by atoms with Crippen molar-refractivity contribution in [3.8, 4) is 45.6 Å². The molecule has 2 aromatic carbocycles. The third-order valence-corrected chi connectivity index (χ3v) is 6.07. The van der Waals surface area contributed by atoms with Crippen LogP contribution in [0.4, 0.5) is 0 Å². The molecule has 3 rings (SSSR count). The maximum atomic E-state index is 11.3. The fraction of sp³-hybridized carbons (Fsp3) is 0.478. The van der Waals surface area contributed by atoms with Crippen LogP contribution in [0.15, 0.2) is 12.1 Å². The van der Waals surface area contributed by atoms with E-state index in [1.165, 1.54) is 21.3 Å². The van der Waals surface area contributed by atoms with E-state index in [-0.39, 0.29) is 23.3 Å². The topological polar surface area (TPSA) is 86.6 Å². The summed E-state index contributed by atoms with van der Waals surface area (Å²) in [4.78, 5) is 0. The molecule has 7 heteroatoms. The minimum atomic E-state index is -0.777. The quantitative estimate of drug-likeness (QED) is 0.760. The highest BCUT2D eigenvalue weighted by Gasteiger charge is 2.36. The maximum Gasteiger partial charge on any atom is 0.203 e. The zero-order valence-corrected chi connectivity index (χ0v) is 18.5. The number of methoxy groups -OCH3 is 5. The zero-order chi connectivity index (χ0) is 22.2. The molecule has 0 spiro atoms. The first-order valence-electron chi connectivity index (χ1n) is 9.82. The molecule has 0 radical (unpaired) electrons. The van der Waals surface area contributed by atoms with E-state index in [0.717, 1.165) is 5.56 Å². The summed E-state index contributed by atoms with van der Waals surface area (Å²) in [5, 5.41) is 21.9. The van der Waals surface area contributed by atoms with Crippen molar-refractivity contribution < 1.29 is 33.9 Å². The van der Waals surface area contributed by atoms with Crippen molar-refractivity contribution in [3.63, 3.8) is 0 Å². The predicted molar refractivity (Wildman–Crippen MR) is 113 cm³/mol. The standard InChI is InChI=1S/C23H30O7/c1-11-8-13-9-15(24)20(27-4)22(29-6)17(13)18-14(19(25)12(11)2)10-16(26-3)21(28-5)23(18)30-7/h9-12,19,24-25H,8H2,1-7H3/t11-,12-,19?/m0/s1. The average Bonchev–Trinajstić information content (AvgIpc) is 2.75. The smallest absolute Gasteiger partial charge is 0.203 e. The van der Waals surface area contributed by atoms with E-state index in [2.05, 4.69) is 6.92 Å². The number of benzene rings is 2. The van der Waals surface area contributed by atoms with Gasteiger partial charge in [0.25, 0.3) is 0 Å². The molecule has 1 aliphatic carbocycles. The van der Waals surface area contributed by atoms with Gasteiger partial charge in [0, 0.05) is 11.1 Å². The summed E-state index contributed by atoms with van der Waals surface area (Å²) in [7, 11) is 7.61. The second kappa shape index (κ2) is 8.52. The largest absolute Gasteiger partial charge is 0.504 e. The predicted octanol–water partition coefficient (Wildman–Crippen LogP) is 3.96. The first-order chi connectivity index (χ1) is 14.3. The lowest BCUT2D eigenvalue weighted by atomic mass is 9.76. The van der Waals surface area contributed by atoms with Crippen molar-refractivity contribution in [1.29, 1.82) is 0 Å². The highest BCUT2D eigenvalue weighted by atomic mass is 16.5. The summed E-state index contributed by atoms with van der Waals surface area (Å²) < 4.78 is 28.0. The van der Waals surface area contributed by atoms with E-state index < -0.39 is 6.10 Å². The summed E-state index contributed by atoms with van der Waals surface area (Å²) >= 11 is 0. The number of hydrogen-bond acceptors (Lipinski definition) is 7. The molecule has 164 valence electrons. The Morgan fingerprint density at radius 2 is 1.33 bits per heavy atom. The van der Waals surface area contributed by atoms with Gasteiger partial charge in [-0.2, -0.15) is 0 Å². The highest BCUT2D eigenvalue weighted by molar-refractivity contribution is 5.88. The van der Waals surface area contributed by atoms with Crippen LogP contribution in [0.25, 0.3) is 11.1 Å². The number of aliphatic hydroxyl groups is 1. The van der Waals surface area contributed by atoms with Gasteiger partial charge >= 0.3 is 0 Å². The molecular weight excluding hydrogens is 388 g/mol. The van der Waals surface area contributed by atoms with Crippen LogP contribution in [0.3, 0.4) is 0 Å². The van der Waals surface area contributed by atoms with Gasteiger partial charge in [-0.05, 0) is 41.5 Å². The summed E-state index contributed by atoms with van der Waals surface area (Å²) in [5.74, 6) is 1.93. The average molecular weight is 418 g/mol. The van der Waals surface area contributed by atoms with E-state index in [1.807, 2.05) is 6.92 Å². The Labute approximate surface area is 177 Å². The number of hydrogen-bond donors (Lipinski definition) is 2. The zero-order valence-electron chi connectivity index (χ0n) is 18.5. The van der Waals surface area contributed by atoms with E-state index in [9.17, 15) is 10.2 Å². The second-order valence-electron chi connectivity index (χ2n) is 7.59. The Balaban J connectivity index is 2.55.